The van der Waals surface area contributed by atoms with Gasteiger partial charge in [-0.15, -0.1) is 0 Å². The first-order valence-electron chi connectivity index (χ1n) is 6.50. The zero-order chi connectivity index (χ0) is 11.3. The van der Waals surface area contributed by atoms with Gasteiger partial charge in [-0.1, -0.05) is 39.5 Å². The Hall–Kier alpha value is -0.140. The first-order chi connectivity index (χ1) is 7.12. The molecular formula is C13H24F2. The molecule has 0 aromatic rings. The molecule has 0 radical (unpaired) electrons. The van der Waals surface area contributed by atoms with Crippen molar-refractivity contribution in [1.29, 1.82) is 0 Å². The Bertz CT molecular complexity index is 165. The molecule has 0 saturated heterocycles. The second-order valence-corrected chi connectivity index (χ2v) is 4.90. The molecular weight excluding hydrogens is 194 g/mol. The zero-order valence-corrected chi connectivity index (χ0v) is 10.1. The molecule has 1 unspecified atom stereocenters. The van der Waals surface area contributed by atoms with Gasteiger partial charge in [-0.25, -0.2) is 8.78 Å². The minimum absolute atomic E-state index is 0.331. The first-order valence-corrected chi connectivity index (χ1v) is 6.50. The lowest BCUT2D eigenvalue weighted by atomic mass is 9.77. The molecule has 90 valence electrons. The Labute approximate surface area is 92.4 Å². The molecule has 0 aromatic carbocycles. The third-order valence-electron chi connectivity index (χ3n) is 3.82. The van der Waals surface area contributed by atoms with Crippen molar-refractivity contribution < 1.29 is 8.78 Å². The van der Waals surface area contributed by atoms with E-state index < -0.39 is 5.92 Å². The van der Waals surface area contributed by atoms with E-state index in [4.69, 9.17) is 0 Å². The van der Waals surface area contributed by atoms with E-state index in [0.29, 0.717) is 12.8 Å². The van der Waals surface area contributed by atoms with Crippen LogP contribution in [-0.4, -0.2) is 5.92 Å². The number of hydrogen-bond donors (Lipinski definition) is 0. The van der Waals surface area contributed by atoms with Gasteiger partial charge in [0, 0.05) is 11.8 Å². The molecule has 0 nitrogen and oxygen atoms in total. The molecule has 0 N–H and O–H groups in total. The Kier molecular flexibility index (Phi) is 5.01. The average molecular weight is 218 g/mol. The van der Waals surface area contributed by atoms with E-state index in [1.165, 1.54) is 0 Å². The lowest BCUT2D eigenvalue weighted by molar-refractivity contribution is -0.122. The van der Waals surface area contributed by atoms with Crippen LogP contribution in [0.4, 0.5) is 8.78 Å². The standard InChI is InChI=1S/C13H24F2/c1-3-8-11(4-2)13(14,15)12-9-6-5-7-10-12/h11-12H,3-10H2,1-2H3. The SMILES string of the molecule is CCCC(CC)C(F)(F)C1CCCCC1. The van der Waals surface area contributed by atoms with Gasteiger partial charge in [0.1, 0.15) is 0 Å². The van der Waals surface area contributed by atoms with Crippen LogP contribution < -0.4 is 0 Å². The highest BCUT2D eigenvalue weighted by atomic mass is 19.3. The lowest BCUT2D eigenvalue weighted by Crippen LogP contribution is -2.37. The third kappa shape index (κ3) is 3.15. The summed E-state index contributed by atoms with van der Waals surface area (Å²) in [6, 6.07) is 0. The summed E-state index contributed by atoms with van der Waals surface area (Å²) >= 11 is 0. The fourth-order valence-electron chi connectivity index (χ4n) is 2.84. The van der Waals surface area contributed by atoms with Crippen LogP contribution in [0.2, 0.25) is 0 Å². The van der Waals surface area contributed by atoms with Gasteiger partial charge in [0.2, 0.25) is 0 Å². The quantitative estimate of drug-likeness (QED) is 0.607. The van der Waals surface area contributed by atoms with E-state index in [0.717, 1.165) is 38.5 Å². The second kappa shape index (κ2) is 5.81. The maximum Gasteiger partial charge on any atom is 0.253 e. The van der Waals surface area contributed by atoms with E-state index in [1.807, 2.05) is 13.8 Å². The fourth-order valence-corrected chi connectivity index (χ4v) is 2.84. The van der Waals surface area contributed by atoms with Crippen LogP contribution in [0.25, 0.3) is 0 Å². The van der Waals surface area contributed by atoms with E-state index in [-0.39, 0.29) is 11.8 Å². The van der Waals surface area contributed by atoms with Crippen molar-refractivity contribution in [1.82, 2.24) is 0 Å². The highest BCUT2D eigenvalue weighted by Gasteiger charge is 2.45. The van der Waals surface area contributed by atoms with Gasteiger partial charge in [-0.3, -0.25) is 0 Å². The molecule has 1 fully saturated rings. The predicted molar refractivity (Wildman–Crippen MR) is 60.2 cm³/mol. The summed E-state index contributed by atoms with van der Waals surface area (Å²) in [6.07, 6.45) is 6.82. The average Bonchev–Trinajstić information content (AvgIpc) is 2.27. The minimum Gasteiger partial charge on any atom is -0.206 e. The van der Waals surface area contributed by atoms with Gasteiger partial charge in [0.15, 0.2) is 0 Å². The normalized spacial score (nSPS) is 21.6. The number of halogens is 2. The highest BCUT2D eigenvalue weighted by molar-refractivity contribution is 4.85. The van der Waals surface area contributed by atoms with Crippen LogP contribution in [0.3, 0.4) is 0 Å². The van der Waals surface area contributed by atoms with Crippen molar-refractivity contribution in [3.8, 4) is 0 Å². The van der Waals surface area contributed by atoms with Crippen LogP contribution in [0.5, 0.6) is 0 Å². The van der Waals surface area contributed by atoms with Crippen molar-refractivity contribution in [3.63, 3.8) is 0 Å². The van der Waals surface area contributed by atoms with Crippen LogP contribution in [-0.2, 0) is 0 Å². The van der Waals surface area contributed by atoms with Crippen molar-refractivity contribution in [2.45, 2.75) is 71.1 Å². The summed E-state index contributed by atoms with van der Waals surface area (Å²) in [7, 11) is 0. The van der Waals surface area contributed by atoms with Crippen LogP contribution in [0.15, 0.2) is 0 Å². The predicted octanol–water partition coefficient (Wildman–Crippen LogP) is 5.03. The molecule has 15 heavy (non-hydrogen) atoms. The molecule has 0 aromatic heterocycles. The molecule has 1 aliphatic carbocycles. The summed E-state index contributed by atoms with van der Waals surface area (Å²) in [6.45, 7) is 3.90. The van der Waals surface area contributed by atoms with Crippen LogP contribution in [0.1, 0.15) is 65.2 Å². The van der Waals surface area contributed by atoms with E-state index in [9.17, 15) is 8.78 Å². The summed E-state index contributed by atoms with van der Waals surface area (Å²) < 4.78 is 28.3. The molecule has 0 spiro atoms. The van der Waals surface area contributed by atoms with Crippen molar-refractivity contribution in [2.75, 3.05) is 0 Å². The van der Waals surface area contributed by atoms with Crippen molar-refractivity contribution in [3.05, 3.63) is 0 Å². The largest absolute Gasteiger partial charge is 0.253 e. The molecule has 1 rings (SSSR count). The van der Waals surface area contributed by atoms with Gasteiger partial charge >= 0.3 is 0 Å². The minimum atomic E-state index is -2.41. The summed E-state index contributed by atoms with van der Waals surface area (Å²) in [4.78, 5) is 0. The molecule has 1 saturated carbocycles. The summed E-state index contributed by atoms with van der Waals surface area (Å²) in [5, 5.41) is 0. The smallest absolute Gasteiger partial charge is 0.206 e. The Balaban J connectivity index is 2.60. The number of rotatable bonds is 5. The monoisotopic (exact) mass is 218 g/mol. The molecule has 1 atom stereocenters. The molecule has 0 amide bonds. The third-order valence-corrected chi connectivity index (χ3v) is 3.82. The molecule has 0 aliphatic heterocycles. The molecule has 0 bridgehead atoms. The second-order valence-electron chi connectivity index (χ2n) is 4.90. The van der Waals surface area contributed by atoms with Crippen molar-refractivity contribution >= 4 is 0 Å². The van der Waals surface area contributed by atoms with Gasteiger partial charge in [-0.2, -0.15) is 0 Å². The Morgan fingerprint density at radius 1 is 1.13 bits per heavy atom. The van der Waals surface area contributed by atoms with Crippen molar-refractivity contribution in [2.24, 2.45) is 11.8 Å². The van der Waals surface area contributed by atoms with E-state index in [1.54, 1.807) is 0 Å². The maximum absolute atomic E-state index is 14.2. The Morgan fingerprint density at radius 2 is 1.73 bits per heavy atom. The zero-order valence-electron chi connectivity index (χ0n) is 10.1. The van der Waals surface area contributed by atoms with Crippen LogP contribution >= 0.6 is 0 Å². The number of alkyl halides is 2. The van der Waals surface area contributed by atoms with Gasteiger partial charge in [-0.05, 0) is 25.7 Å². The topological polar surface area (TPSA) is 0 Å². The molecule has 2 heteroatoms. The van der Waals surface area contributed by atoms with E-state index in [2.05, 4.69) is 0 Å². The fraction of sp³-hybridized carbons (Fsp3) is 1.00. The molecule has 1 aliphatic rings. The van der Waals surface area contributed by atoms with E-state index >= 15 is 0 Å². The van der Waals surface area contributed by atoms with Crippen LogP contribution in [0, 0.1) is 11.8 Å². The summed E-state index contributed by atoms with van der Waals surface area (Å²) in [5.41, 5.74) is 0. The Morgan fingerprint density at radius 3 is 2.20 bits per heavy atom. The first kappa shape index (κ1) is 12.9. The maximum atomic E-state index is 14.2. The van der Waals surface area contributed by atoms with Gasteiger partial charge < -0.3 is 0 Å². The highest BCUT2D eigenvalue weighted by Crippen LogP contribution is 2.43. The van der Waals surface area contributed by atoms with Gasteiger partial charge in [0.25, 0.3) is 5.92 Å². The van der Waals surface area contributed by atoms with Gasteiger partial charge in [0.05, 0.1) is 0 Å². The summed E-state index contributed by atoms with van der Waals surface area (Å²) in [5.74, 6) is -3.13. The lowest BCUT2D eigenvalue weighted by Gasteiger charge is -2.35. The molecule has 0 heterocycles. The number of hydrogen-bond acceptors (Lipinski definition) is 0.